The second-order valence-electron chi connectivity index (χ2n) is 7.06. The highest BCUT2D eigenvalue weighted by Gasteiger charge is 2.30. The van der Waals surface area contributed by atoms with Crippen molar-refractivity contribution in [2.45, 2.75) is 18.9 Å². The smallest absolute Gasteiger partial charge is 0.194 e. The van der Waals surface area contributed by atoms with E-state index >= 15 is 0 Å². The van der Waals surface area contributed by atoms with Gasteiger partial charge in [-0.15, -0.1) is 0 Å². The molecule has 0 saturated carbocycles. The van der Waals surface area contributed by atoms with Crippen LogP contribution in [0.3, 0.4) is 0 Å². The zero-order chi connectivity index (χ0) is 20.6. The van der Waals surface area contributed by atoms with Crippen LogP contribution in [-0.2, 0) is 4.79 Å². The molecule has 1 heterocycles. The molecule has 29 heavy (non-hydrogen) atoms. The second kappa shape index (κ2) is 9.89. The first kappa shape index (κ1) is 20.6. The van der Waals surface area contributed by atoms with E-state index in [0.717, 1.165) is 43.4 Å². The summed E-state index contributed by atoms with van der Waals surface area (Å²) in [6.07, 6.45) is 2.35. The molecule has 0 aliphatic carbocycles. The Labute approximate surface area is 171 Å². The van der Waals surface area contributed by atoms with Gasteiger partial charge in [0.1, 0.15) is 11.8 Å². The fourth-order valence-electron chi connectivity index (χ4n) is 3.58. The predicted octanol–water partition coefficient (Wildman–Crippen LogP) is 3.88. The van der Waals surface area contributed by atoms with Crippen LogP contribution >= 0.6 is 0 Å². The van der Waals surface area contributed by atoms with Crippen molar-refractivity contribution in [1.29, 1.82) is 5.41 Å². The first-order valence-corrected chi connectivity index (χ1v) is 9.77. The first-order chi connectivity index (χ1) is 14.1. The Morgan fingerprint density at radius 3 is 2.59 bits per heavy atom. The third-order valence-electron chi connectivity index (χ3n) is 5.21. The molecule has 0 bridgehead atoms. The Kier molecular flexibility index (Phi) is 7.03. The number of carbonyl (C=O) groups is 1. The molecule has 0 aromatic heterocycles. The van der Waals surface area contributed by atoms with E-state index in [9.17, 15) is 9.90 Å². The van der Waals surface area contributed by atoms with Gasteiger partial charge >= 0.3 is 0 Å². The summed E-state index contributed by atoms with van der Waals surface area (Å²) in [5.74, 6) is 0.312. The molecular weight excluding hydrogens is 366 g/mol. The summed E-state index contributed by atoms with van der Waals surface area (Å²) in [6.45, 7) is 1.62. The zero-order valence-electron chi connectivity index (χ0n) is 16.5. The van der Waals surface area contributed by atoms with Crippen molar-refractivity contribution < 1.29 is 14.6 Å². The Balaban J connectivity index is 1.89. The molecule has 1 saturated heterocycles. The lowest BCUT2D eigenvalue weighted by molar-refractivity contribution is -0.116. The minimum Gasteiger partial charge on any atom is -0.515 e. The van der Waals surface area contributed by atoms with Gasteiger partial charge in [-0.25, -0.2) is 0 Å². The van der Waals surface area contributed by atoms with Crippen LogP contribution in [0, 0.1) is 11.3 Å². The number of anilines is 1. The molecular formula is C23H27N3O3. The van der Waals surface area contributed by atoms with Crippen LogP contribution in [0.1, 0.15) is 24.4 Å². The van der Waals surface area contributed by atoms with Crippen LogP contribution in [0.2, 0.25) is 0 Å². The highest BCUT2D eigenvalue weighted by Crippen LogP contribution is 2.28. The van der Waals surface area contributed by atoms with Gasteiger partial charge in [-0.1, -0.05) is 36.4 Å². The molecule has 1 atom stereocenters. The van der Waals surface area contributed by atoms with E-state index in [0.29, 0.717) is 5.75 Å². The Morgan fingerprint density at radius 2 is 1.93 bits per heavy atom. The number of hydrogen-bond donors (Lipinski definition) is 4. The van der Waals surface area contributed by atoms with Crippen LogP contribution in [0.4, 0.5) is 5.69 Å². The van der Waals surface area contributed by atoms with E-state index in [1.807, 2.05) is 54.6 Å². The topological polar surface area (TPSA) is 94.4 Å². The minimum atomic E-state index is -0.733. The number of methoxy groups -OCH3 is 1. The summed E-state index contributed by atoms with van der Waals surface area (Å²) in [6, 6.07) is 15.9. The highest BCUT2D eigenvalue weighted by molar-refractivity contribution is 6.24. The SMILES string of the molecule is COc1cccc(NC(C(=O)/C(=C/O)C(=N)C2CCNCC2)c2ccccc2)c1. The van der Waals surface area contributed by atoms with Crippen molar-refractivity contribution in [1.82, 2.24) is 5.32 Å². The van der Waals surface area contributed by atoms with Crippen molar-refractivity contribution in [3.63, 3.8) is 0 Å². The minimum absolute atomic E-state index is 0.0353. The van der Waals surface area contributed by atoms with E-state index < -0.39 is 6.04 Å². The number of carbonyl (C=O) groups excluding carboxylic acids is 1. The van der Waals surface area contributed by atoms with Crippen molar-refractivity contribution in [2.75, 3.05) is 25.5 Å². The van der Waals surface area contributed by atoms with Crippen LogP contribution in [0.15, 0.2) is 66.4 Å². The molecule has 6 heteroatoms. The predicted molar refractivity (Wildman–Crippen MR) is 115 cm³/mol. The molecule has 0 amide bonds. The van der Waals surface area contributed by atoms with E-state index in [1.54, 1.807) is 7.11 Å². The maximum atomic E-state index is 13.4. The number of rotatable bonds is 8. The molecule has 2 aromatic rings. The molecule has 0 spiro atoms. The van der Waals surface area contributed by atoms with Gasteiger partial charge in [0.2, 0.25) is 0 Å². The van der Waals surface area contributed by atoms with E-state index in [4.69, 9.17) is 10.1 Å². The number of piperidine rings is 1. The molecule has 1 aliphatic heterocycles. The standard InChI is InChI=1S/C23H27N3O3/c1-29-19-9-5-8-18(14-19)26-22(17-6-3-2-4-7-17)23(28)20(15-27)21(24)16-10-12-25-13-11-16/h2-9,14-16,22,24-27H,10-13H2,1H3/b20-15+,24-21?. The maximum absolute atomic E-state index is 13.4. The molecule has 4 N–H and O–H groups in total. The zero-order valence-corrected chi connectivity index (χ0v) is 16.5. The van der Waals surface area contributed by atoms with Gasteiger partial charge < -0.3 is 25.9 Å². The number of Topliss-reactive ketones (excluding diaryl/α,β-unsaturated/α-hetero) is 1. The molecule has 1 unspecified atom stereocenters. The lowest BCUT2D eigenvalue weighted by atomic mass is 9.85. The average Bonchev–Trinajstić information content (AvgIpc) is 2.79. The van der Waals surface area contributed by atoms with E-state index in [1.165, 1.54) is 0 Å². The largest absolute Gasteiger partial charge is 0.515 e. The van der Waals surface area contributed by atoms with Gasteiger partial charge in [0, 0.05) is 23.4 Å². The Bertz CT molecular complexity index is 874. The molecule has 3 rings (SSSR count). The summed E-state index contributed by atoms with van der Waals surface area (Å²) in [5, 5.41) is 24.9. The quantitative estimate of drug-likeness (QED) is 0.310. The van der Waals surface area contributed by atoms with Crippen LogP contribution in [0.5, 0.6) is 5.75 Å². The fourth-order valence-corrected chi connectivity index (χ4v) is 3.58. The van der Waals surface area contributed by atoms with Gasteiger partial charge in [0.25, 0.3) is 0 Å². The molecule has 6 nitrogen and oxygen atoms in total. The number of benzene rings is 2. The van der Waals surface area contributed by atoms with Crippen molar-refractivity contribution in [3.05, 3.63) is 72.0 Å². The second-order valence-corrected chi connectivity index (χ2v) is 7.06. The Hall–Kier alpha value is -3.12. The monoisotopic (exact) mass is 393 g/mol. The summed E-state index contributed by atoms with van der Waals surface area (Å²) in [5.41, 5.74) is 1.74. The summed E-state index contributed by atoms with van der Waals surface area (Å²) in [7, 11) is 1.59. The first-order valence-electron chi connectivity index (χ1n) is 9.77. The number of aliphatic hydroxyl groups is 1. The van der Waals surface area contributed by atoms with E-state index in [2.05, 4.69) is 10.6 Å². The number of nitrogens with one attached hydrogen (secondary N) is 3. The molecule has 2 aromatic carbocycles. The van der Waals surface area contributed by atoms with Crippen LogP contribution in [0.25, 0.3) is 0 Å². The van der Waals surface area contributed by atoms with Crippen LogP contribution < -0.4 is 15.4 Å². The third kappa shape index (κ3) is 5.03. The van der Waals surface area contributed by atoms with Gasteiger partial charge in [-0.05, 0) is 43.6 Å². The summed E-state index contributed by atoms with van der Waals surface area (Å²) in [4.78, 5) is 13.4. The Morgan fingerprint density at radius 1 is 1.21 bits per heavy atom. The van der Waals surface area contributed by atoms with Crippen molar-refractivity contribution >= 4 is 17.2 Å². The van der Waals surface area contributed by atoms with Gasteiger partial charge in [-0.2, -0.15) is 0 Å². The number of aliphatic hydroxyl groups excluding tert-OH is 1. The molecule has 0 radical (unpaired) electrons. The lowest BCUT2D eigenvalue weighted by Crippen LogP contribution is -2.35. The van der Waals surface area contributed by atoms with Crippen molar-refractivity contribution in [2.24, 2.45) is 5.92 Å². The summed E-state index contributed by atoms with van der Waals surface area (Å²) >= 11 is 0. The normalized spacial score (nSPS) is 16.1. The van der Waals surface area contributed by atoms with Gasteiger partial charge in [0.05, 0.1) is 18.9 Å². The molecule has 1 aliphatic rings. The maximum Gasteiger partial charge on any atom is 0.194 e. The fraction of sp³-hybridized carbons (Fsp3) is 0.304. The average molecular weight is 393 g/mol. The molecule has 1 fully saturated rings. The third-order valence-corrected chi connectivity index (χ3v) is 5.21. The molecule has 152 valence electrons. The highest BCUT2D eigenvalue weighted by atomic mass is 16.5. The summed E-state index contributed by atoms with van der Waals surface area (Å²) < 4.78 is 5.27. The van der Waals surface area contributed by atoms with E-state index in [-0.39, 0.29) is 23.0 Å². The number of ketones is 1. The lowest BCUT2D eigenvalue weighted by Gasteiger charge is -2.26. The van der Waals surface area contributed by atoms with Gasteiger partial charge in [-0.3, -0.25) is 4.79 Å². The van der Waals surface area contributed by atoms with Crippen LogP contribution in [-0.4, -0.2) is 36.8 Å². The number of hydrogen-bond acceptors (Lipinski definition) is 6. The van der Waals surface area contributed by atoms with Crippen molar-refractivity contribution in [3.8, 4) is 5.75 Å². The number of ether oxygens (including phenoxy) is 1. The van der Waals surface area contributed by atoms with Gasteiger partial charge in [0.15, 0.2) is 5.78 Å².